The topological polar surface area (TPSA) is 54.7 Å². The van der Waals surface area contributed by atoms with Crippen molar-refractivity contribution in [1.29, 1.82) is 0 Å². The lowest BCUT2D eigenvalue weighted by Crippen LogP contribution is -2.38. The van der Waals surface area contributed by atoms with Gasteiger partial charge in [-0.2, -0.15) is 5.10 Å². The van der Waals surface area contributed by atoms with Crippen molar-refractivity contribution >= 4 is 5.96 Å². The van der Waals surface area contributed by atoms with Crippen LogP contribution in [0, 0.1) is 20.8 Å². The second kappa shape index (κ2) is 10.1. The molecule has 0 saturated heterocycles. The normalized spacial score (nSPS) is 11.7. The molecule has 1 aromatic carbocycles. The van der Waals surface area contributed by atoms with Crippen LogP contribution in [0.25, 0.3) is 0 Å². The molecule has 0 saturated carbocycles. The number of nitrogens with zero attached hydrogens (tertiary/aromatic N) is 4. The molecule has 148 valence electrons. The minimum Gasteiger partial charge on any atom is -0.383 e. The molecule has 0 aliphatic heterocycles. The Bertz CT molecular complexity index is 749. The van der Waals surface area contributed by atoms with Crippen LogP contribution >= 0.6 is 0 Å². The van der Waals surface area contributed by atoms with Gasteiger partial charge in [-0.3, -0.25) is 4.68 Å². The van der Waals surface area contributed by atoms with Crippen LogP contribution in [0.1, 0.15) is 35.0 Å². The van der Waals surface area contributed by atoms with Gasteiger partial charge in [0.2, 0.25) is 0 Å². The summed E-state index contributed by atoms with van der Waals surface area (Å²) in [5, 5.41) is 8.02. The van der Waals surface area contributed by atoms with Crippen LogP contribution in [0.2, 0.25) is 0 Å². The molecule has 0 unspecified atom stereocenters. The van der Waals surface area contributed by atoms with E-state index in [1.807, 2.05) is 11.6 Å². The number of hydrogen-bond donors (Lipinski definition) is 1. The molecule has 0 aliphatic carbocycles. The van der Waals surface area contributed by atoms with Gasteiger partial charge in [-0.05, 0) is 33.3 Å². The van der Waals surface area contributed by atoms with Crippen molar-refractivity contribution in [1.82, 2.24) is 20.0 Å². The van der Waals surface area contributed by atoms with E-state index in [9.17, 15) is 0 Å². The van der Waals surface area contributed by atoms with Gasteiger partial charge in [0.15, 0.2) is 5.96 Å². The van der Waals surface area contributed by atoms with E-state index in [4.69, 9.17) is 9.73 Å². The summed E-state index contributed by atoms with van der Waals surface area (Å²) in [7, 11) is 3.78. The van der Waals surface area contributed by atoms with Crippen molar-refractivity contribution in [2.24, 2.45) is 4.99 Å². The van der Waals surface area contributed by atoms with E-state index in [-0.39, 0.29) is 0 Å². The number of nitrogens with one attached hydrogen (secondary N) is 1. The van der Waals surface area contributed by atoms with Crippen molar-refractivity contribution in [3.63, 3.8) is 0 Å². The van der Waals surface area contributed by atoms with Crippen molar-refractivity contribution in [2.45, 2.75) is 47.3 Å². The van der Waals surface area contributed by atoms with E-state index in [1.165, 1.54) is 16.7 Å². The Balaban J connectivity index is 2.12. The molecule has 0 aliphatic rings. The van der Waals surface area contributed by atoms with E-state index in [0.717, 1.165) is 37.0 Å². The van der Waals surface area contributed by atoms with Crippen LogP contribution < -0.4 is 5.32 Å². The van der Waals surface area contributed by atoms with E-state index < -0.39 is 0 Å². The molecule has 2 rings (SSSR count). The number of rotatable bonds is 8. The summed E-state index contributed by atoms with van der Waals surface area (Å²) in [5.41, 5.74) is 5.92. The molecule has 0 bridgehead atoms. The molecule has 6 heteroatoms. The summed E-state index contributed by atoms with van der Waals surface area (Å²) >= 11 is 0. The van der Waals surface area contributed by atoms with Gasteiger partial charge in [0, 0.05) is 38.5 Å². The fourth-order valence-electron chi connectivity index (χ4n) is 3.02. The van der Waals surface area contributed by atoms with Gasteiger partial charge >= 0.3 is 0 Å². The zero-order chi connectivity index (χ0) is 19.8. The monoisotopic (exact) mass is 371 g/mol. The Morgan fingerprint density at radius 3 is 2.56 bits per heavy atom. The summed E-state index contributed by atoms with van der Waals surface area (Å²) in [6.07, 6.45) is 0. The van der Waals surface area contributed by atoms with E-state index >= 15 is 0 Å². The minimum absolute atomic E-state index is 0.616. The van der Waals surface area contributed by atoms with Crippen LogP contribution in [-0.2, 0) is 24.4 Å². The highest BCUT2D eigenvalue weighted by Gasteiger charge is 2.12. The first-order valence-electron chi connectivity index (χ1n) is 9.53. The minimum atomic E-state index is 0.616. The number of aryl methyl sites for hydroxylation is 2. The number of ether oxygens (including phenoxy) is 1. The van der Waals surface area contributed by atoms with Gasteiger partial charge in [0.25, 0.3) is 0 Å². The lowest BCUT2D eigenvalue weighted by atomic mass is 10.1. The number of guanidine groups is 1. The molecule has 0 fully saturated rings. The highest BCUT2D eigenvalue weighted by Crippen LogP contribution is 2.15. The summed E-state index contributed by atoms with van der Waals surface area (Å²) in [6.45, 7) is 12.0. The smallest absolute Gasteiger partial charge is 0.194 e. The van der Waals surface area contributed by atoms with Crippen molar-refractivity contribution in [3.8, 4) is 0 Å². The predicted molar refractivity (Wildman–Crippen MR) is 111 cm³/mol. The number of aliphatic imine (C=N–C) groups is 1. The van der Waals surface area contributed by atoms with Gasteiger partial charge in [0.1, 0.15) is 0 Å². The molecule has 27 heavy (non-hydrogen) atoms. The third-order valence-corrected chi connectivity index (χ3v) is 4.66. The predicted octanol–water partition coefficient (Wildman–Crippen LogP) is 3.05. The molecular weight excluding hydrogens is 338 g/mol. The summed E-state index contributed by atoms with van der Waals surface area (Å²) in [5.74, 6) is 0.904. The molecule has 2 aromatic rings. The number of methoxy groups -OCH3 is 1. The third kappa shape index (κ3) is 5.82. The zero-order valence-electron chi connectivity index (χ0n) is 17.5. The molecule has 6 nitrogen and oxygen atoms in total. The van der Waals surface area contributed by atoms with E-state index in [2.05, 4.69) is 67.4 Å². The standard InChI is InChI=1S/C21H33N5O/c1-7-22-21(25(5)15-19-10-8-16(2)9-11-19)23-14-20-17(3)24-26(18(20)4)12-13-27-6/h8-11H,7,12-15H2,1-6H3,(H,22,23). The molecule has 1 aromatic heterocycles. The Labute approximate surface area is 163 Å². The first kappa shape index (κ1) is 21.0. The highest BCUT2D eigenvalue weighted by molar-refractivity contribution is 5.79. The van der Waals surface area contributed by atoms with E-state index in [0.29, 0.717) is 13.2 Å². The molecule has 1 N–H and O–H groups in total. The maximum atomic E-state index is 5.17. The van der Waals surface area contributed by atoms with Crippen molar-refractivity contribution < 1.29 is 4.74 Å². The second-order valence-corrected chi connectivity index (χ2v) is 6.88. The fourth-order valence-corrected chi connectivity index (χ4v) is 3.02. The lowest BCUT2D eigenvalue weighted by Gasteiger charge is -2.22. The van der Waals surface area contributed by atoms with Crippen LogP contribution in [-0.4, -0.2) is 47.9 Å². The Morgan fingerprint density at radius 1 is 1.22 bits per heavy atom. The second-order valence-electron chi connectivity index (χ2n) is 6.88. The average Bonchev–Trinajstić information content (AvgIpc) is 2.92. The Hall–Kier alpha value is -2.34. The molecule has 0 amide bonds. The fraction of sp³-hybridized carbons (Fsp3) is 0.524. The Morgan fingerprint density at radius 2 is 1.93 bits per heavy atom. The largest absolute Gasteiger partial charge is 0.383 e. The maximum Gasteiger partial charge on any atom is 0.194 e. The average molecular weight is 372 g/mol. The van der Waals surface area contributed by atoms with Crippen molar-refractivity contribution in [2.75, 3.05) is 27.3 Å². The Kier molecular flexibility index (Phi) is 7.85. The lowest BCUT2D eigenvalue weighted by molar-refractivity contribution is 0.182. The zero-order valence-corrected chi connectivity index (χ0v) is 17.5. The van der Waals surface area contributed by atoms with Crippen LogP contribution in [0.3, 0.4) is 0 Å². The first-order chi connectivity index (χ1) is 13.0. The first-order valence-corrected chi connectivity index (χ1v) is 9.53. The van der Waals surface area contributed by atoms with Crippen LogP contribution in [0.4, 0.5) is 0 Å². The van der Waals surface area contributed by atoms with Gasteiger partial charge in [-0.15, -0.1) is 0 Å². The highest BCUT2D eigenvalue weighted by atomic mass is 16.5. The van der Waals surface area contributed by atoms with Crippen LogP contribution in [0.5, 0.6) is 0 Å². The van der Waals surface area contributed by atoms with Gasteiger partial charge < -0.3 is 15.0 Å². The van der Waals surface area contributed by atoms with Gasteiger partial charge in [-0.1, -0.05) is 29.8 Å². The summed E-state index contributed by atoms with van der Waals surface area (Å²) < 4.78 is 7.18. The SMILES string of the molecule is CCNC(=NCc1c(C)nn(CCOC)c1C)N(C)Cc1ccc(C)cc1. The molecule has 0 spiro atoms. The summed E-state index contributed by atoms with van der Waals surface area (Å²) in [6, 6.07) is 8.63. The molecular formula is C21H33N5O. The maximum absolute atomic E-state index is 5.17. The quantitative estimate of drug-likeness (QED) is 0.572. The molecule has 0 radical (unpaired) electrons. The number of benzene rings is 1. The summed E-state index contributed by atoms with van der Waals surface area (Å²) in [4.78, 5) is 7.02. The molecule has 1 heterocycles. The van der Waals surface area contributed by atoms with Crippen molar-refractivity contribution in [3.05, 3.63) is 52.3 Å². The number of aromatic nitrogens is 2. The van der Waals surface area contributed by atoms with Gasteiger partial charge in [0.05, 0.1) is 25.4 Å². The van der Waals surface area contributed by atoms with E-state index in [1.54, 1.807) is 7.11 Å². The van der Waals surface area contributed by atoms with Crippen LogP contribution in [0.15, 0.2) is 29.3 Å². The number of hydrogen-bond acceptors (Lipinski definition) is 3. The molecule has 0 atom stereocenters. The third-order valence-electron chi connectivity index (χ3n) is 4.66. The van der Waals surface area contributed by atoms with Gasteiger partial charge in [-0.25, -0.2) is 4.99 Å².